The summed E-state index contributed by atoms with van der Waals surface area (Å²) in [6.07, 6.45) is 2.20. The summed E-state index contributed by atoms with van der Waals surface area (Å²) in [5, 5.41) is 16.4. The summed E-state index contributed by atoms with van der Waals surface area (Å²) in [7, 11) is 1.59. The van der Waals surface area contributed by atoms with Gasteiger partial charge in [0, 0.05) is 24.4 Å². The fourth-order valence-electron chi connectivity index (χ4n) is 2.92. The van der Waals surface area contributed by atoms with Gasteiger partial charge in [-0.2, -0.15) is 5.10 Å². The highest BCUT2D eigenvalue weighted by atomic mass is 16.5. The first-order chi connectivity index (χ1) is 12.6. The summed E-state index contributed by atoms with van der Waals surface area (Å²) in [5.74, 6) is -0.0636. The van der Waals surface area contributed by atoms with Crippen LogP contribution in [0.15, 0.2) is 52.2 Å². The Morgan fingerprint density at radius 1 is 1.31 bits per heavy atom. The number of benzene rings is 1. The number of hydrazone groups is 1. The monoisotopic (exact) mass is 355 g/mol. The molecule has 3 rings (SSSR count). The number of ether oxygens (including phenoxy) is 1. The number of hydrogen-bond acceptors (Lipinski definition) is 6. The van der Waals surface area contributed by atoms with Gasteiger partial charge in [-0.25, -0.2) is 5.01 Å². The number of furan rings is 1. The first-order valence-electron chi connectivity index (χ1n) is 8.35. The van der Waals surface area contributed by atoms with E-state index in [-0.39, 0.29) is 31.2 Å². The van der Waals surface area contributed by atoms with Crippen LogP contribution in [0.25, 0.3) is 0 Å². The van der Waals surface area contributed by atoms with E-state index in [1.54, 1.807) is 25.5 Å². The second-order valence-corrected chi connectivity index (χ2v) is 5.98. The van der Waals surface area contributed by atoms with Crippen LogP contribution in [0.2, 0.25) is 0 Å². The Labute approximate surface area is 150 Å². The summed E-state index contributed by atoms with van der Waals surface area (Å²) >= 11 is 0. The van der Waals surface area contributed by atoms with Crippen LogP contribution < -0.4 is 9.84 Å². The molecule has 0 bridgehead atoms. The number of rotatable bonds is 7. The molecule has 7 heteroatoms. The molecule has 0 radical (unpaired) electrons. The van der Waals surface area contributed by atoms with Crippen molar-refractivity contribution in [1.29, 1.82) is 0 Å². The average molecular weight is 355 g/mol. The number of carbonyl (C=O) groups excluding carboxylic acids is 2. The third-order valence-corrected chi connectivity index (χ3v) is 4.21. The van der Waals surface area contributed by atoms with E-state index >= 15 is 0 Å². The second kappa shape index (κ2) is 7.86. The number of hydrogen-bond donors (Lipinski definition) is 0. The molecule has 26 heavy (non-hydrogen) atoms. The van der Waals surface area contributed by atoms with Gasteiger partial charge in [0.15, 0.2) is 0 Å². The van der Waals surface area contributed by atoms with Gasteiger partial charge in [-0.1, -0.05) is 12.1 Å². The number of nitrogens with zero attached hydrogens (tertiary/aromatic N) is 2. The molecule has 136 valence electrons. The van der Waals surface area contributed by atoms with Gasteiger partial charge in [-0.15, -0.1) is 0 Å². The molecule has 0 saturated carbocycles. The maximum atomic E-state index is 12.6. The topological polar surface area (TPSA) is 95.2 Å². The molecule has 0 unspecified atom stereocenters. The molecule has 1 aliphatic heterocycles. The van der Waals surface area contributed by atoms with Crippen LogP contribution in [0, 0.1) is 0 Å². The van der Waals surface area contributed by atoms with Gasteiger partial charge < -0.3 is 19.1 Å². The smallest absolute Gasteiger partial charge is 0.243 e. The first kappa shape index (κ1) is 17.7. The zero-order valence-electron chi connectivity index (χ0n) is 14.4. The Morgan fingerprint density at radius 3 is 2.85 bits per heavy atom. The molecule has 1 aliphatic rings. The summed E-state index contributed by atoms with van der Waals surface area (Å²) in [4.78, 5) is 23.1. The Kier molecular flexibility index (Phi) is 5.36. The molecule has 7 nitrogen and oxygen atoms in total. The minimum atomic E-state index is -1.16. The van der Waals surface area contributed by atoms with Gasteiger partial charge in [-0.3, -0.25) is 4.79 Å². The van der Waals surface area contributed by atoms with E-state index in [1.165, 1.54) is 5.01 Å². The maximum Gasteiger partial charge on any atom is 0.243 e. The van der Waals surface area contributed by atoms with E-state index in [4.69, 9.17) is 9.15 Å². The molecule has 0 saturated heterocycles. The zero-order valence-corrected chi connectivity index (χ0v) is 14.4. The number of methoxy groups -OCH3 is 1. The molecule has 2 heterocycles. The van der Waals surface area contributed by atoms with Crippen LogP contribution in [0.3, 0.4) is 0 Å². The van der Waals surface area contributed by atoms with Crippen molar-refractivity contribution in [3.63, 3.8) is 0 Å². The van der Waals surface area contributed by atoms with Crippen LogP contribution in [0.4, 0.5) is 0 Å². The summed E-state index contributed by atoms with van der Waals surface area (Å²) in [6, 6.07) is 10.7. The lowest BCUT2D eigenvalue weighted by Gasteiger charge is -2.19. The number of carboxylic acids is 1. The molecule has 0 fully saturated rings. The van der Waals surface area contributed by atoms with E-state index in [1.807, 2.05) is 24.3 Å². The third-order valence-electron chi connectivity index (χ3n) is 4.21. The molecule has 0 aliphatic carbocycles. The van der Waals surface area contributed by atoms with Crippen molar-refractivity contribution < 1.29 is 23.8 Å². The van der Waals surface area contributed by atoms with Crippen molar-refractivity contribution in [2.24, 2.45) is 5.10 Å². The highest BCUT2D eigenvalue weighted by Gasteiger charge is 2.34. The molecule has 2 aromatic rings. The minimum absolute atomic E-state index is 0.0834. The molecule has 1 atom stereocenters. The predicted octanol–water partition coefficient (Wildman–Crippen LogP) is 1.89. The lowest BCUT2D eigenvalue weighted by atomic mass is 10.0. The van der Waals surface area contributed by atoms with Crippen LogP contribution in [-0.2, 0) is 9.59 Å². The van der Waals surface area contributed by atoms with E-state index in [0.717, 1.165) is 11.3 Å². The first-order valence-corrected chi connectivity index (χ1v) is 8.35. The van der Waals surface area contributed by atoms with E-state index in [2.05, 4.69) is 5.10 Å². The van der Waals surface area contributed by atoms with Crippen molar-refractivity contribution in [1.82, 2.24) is 5.01 Å². The van der Waals surface area contributed by atoms with Crippen molar-refractivity contribution in [3.8, 4) is 5.75 Å². The molecule has 1 aromatic heterocycles. The highest BCUT2D eigenvalue weighted by Crippen LogP contribution is 2.34. The summed E-state index contributed by atoms with van der Waals surface area (Å²) in [5.41, 5.74) is 1.62. The van der Waals surface area contributed by atoms with Crippen LogP contribution in [0.5, 0.6) is 5.75 Å². The lowest BCUT2D eigenvalue weighted by molar-refractivity contribution is -0.305. The predicted molar refractivity (Wildman–Crippen MR) is 91.3 cm³/mol. The Hall–Kier alpha value is -3.09. The molecule has 1 aromatic carbocycles. The van der Waals surface area contributed by atoms with Gasteiger partial charge in [-0.05, 0) is 37.1 Å². The summed E-state index contributed by atoms with van der Waals surface area (Å²) in [6.45, 7) is 0. The number of carboxylic acid groups (broad SMARTS) is 1. The fraction of sp³-hybridized carbons (Fsp3) is 0.316. The van der Waals surface area contributed by atoms with Gasteiger partial charge >= 0.3 is 0 Å². The summed E-state index contributed by atoms with van der Waals surface area (Å²) < 4.78 is 10.7. The molecule has 1 amide bonds. The SMILES string of the molecule is COc1cccc(C2=NN(C(=O)CCCC(=O)[O-])[C@@H](c3ccco3)C2)c1. The normalized spacial score (nSPS) is 16.4. The van der Waals surface area contributed by atoms with Crippen molar-refractivity contribution in [2.45, 2.75) is 31.7 Å². The van der Waals surface area contributed by atoms with Crippen LogP contribution in [0.1, 0.15) is 43.0 Å². The Morgan fingerprint density at radius 2 is 2.15 bits per heavy atom. The van der Waals surface area contributed by atoms with Crippen LogP contribution in [-0.4, -0.2) is 29.7 Å². The van der Waals surface area contributed by atoms with E-state index in [9.17, 15) is 14.7 Å². The second-order valence-electron chi connectivity index (χ2n) is 5.98. The average Bonchev–Trinajstić information content (AvgIpc) is 3.30. The molecule has 0 spiro atoms. The number of aliphatic carboxylic acids is 1. The van der Waals surface area contributed by atoms with Crippen molar-refractivity contribution >= 4 is 17.6 Å². The minimum Gasteiger partial charge on any atom is -0.550 e. The van der Waals surface area contributed by atoms with Crippen molar-refractivity contribution in [3.05, 3.63) is 54.0 Å². The fourth-order valence-corrected chi connectivity index (χ4v) is 2.92. The van der Waals surface area contributed by atoms with Gasteiger partial charge in [0.1, 0.15) is 17.6 Å². The standard InChI is InChI=1S/C19H20N2O5/c1-25-14-6-2-5-13(11-14)15-12-16(17-7-4-10-26-17)21(20-15)18(22)8-3-9-19(23)24/h2,4-7,10-11,16H,3,8-9,12H2,1H3,(H,23,24)/p-1/t16-/m1/s1. The van der Waals surface area contributed by atoms with Crippen LogP contribution >= 0.6 is 0 Å². The third kappa shape index (κ3) is 3.93. The lowest BCUT2D eigenvalue weighted by Crippen LogP contribution is -2.27. The van der Waals surface area contributed by atoms with Crippen molar-refractivity contribution in [2.75, 3.05) is 7.11 Å². The maximum absolute atomic E-state index is 12.6. The largest absolute Gasteiger partial charge is 0.550 e. The van der Waals surface area contributed by atoms with Gasteiger partial charge in [0.2, 0.25) is 5.91 Å². The molecular weight excluding hydrogens is 336 g/mol. The van der Waals surface area contributed by atoms with E-state index < -0.39 is 5.97 Å². The van der Waals surface area contributed by atoms with Gasteiger partial charge in [0.25, 0.3) is 0 Å². The van der Waals surface area contributed by atoms with E-state index in [0.29, 0.717) is 17.9 Å². The number of carbonyl (C=O) groups is 2. The Balaban J connectivity index is 1.83. The Bertz CT molecular complexity index is 813. The number of amides is 1. The molecular formula is C19H19N2O5-. The quantitative estimate of drug-likeness (QED) is 0.756. The zero-order chi connectivity index (χ0) is 18.5. The highest BCUT2D eigenvalue weighted by molar-refractivity contribution is 6.03. The molecule has 0 N–H and O–H groups in total. The van der Waals surface area contributed by atoms with Gasteiger partial charge in [0.05, 0.1) is 19.1 Å².